The maximum Gasteiger partial charge on any atom is 0.0373 e. The third-order valence-electron chi connectivity index (χ3n) is 4.94. The molecule has 2 aliphatic heterocycles. The summed E-state index contributed by atoms with van der Waals surface area (Å²) in [5.74, 6) is 0. The molecule has 0 aromatic heterocycles. The Morgan fingerprint density at radius 1 is 1.30 bits per heavy atom. The van der Waals surface area contributed by atoms with E-state index in [1.165, 1.54) is 62.1 Å². The summed E-state index contributed by atoms with van der Waals surface area (Å²) in [4.78, 5) is 5.01. The third kappa shape index (κ3) is 3.15. The Balaban J connectivity index is 1.51. The van der Waals surface area contributed by atoms with Crippen LogP contribution in [0.1, 0.15) is 24.0 Å². The van der Waals surface area contributed by atoms with Gasteiger partial charge in [-0.3, -0.25) is 0 Å². The average molecular weight is 273 g/mol. The predicted molar refractivity (Wildman–Crippen MR) is 85.5 cm³/mol. The molecule has 1 fully saturated rings. The van der Waals surface area contributed by atoms with E-state index in [9.17, 15) is 0 Å². The minimum absolute atomic E-state index is 0.780. The van der Waals surface area contributed by atoms with Crippen molar-refractivity contribution in [3.63, 3.8) is 0 Å². The van der Waals surface area contributed by atoms with Crippen molar-refractivity contribution in [3.8, 4) is 0 Å². The van der Waals surface area contributed by atoms with Gasteiger partial charge in [-0.1, -0.05) is 12.1 Å². The van der Waals surface area contributed by atoms with Gasteiger partial charge in [0.2, 0.25) is 0 Å². The molecule has 0 spiro atoms. The first kappa shape index (κ1) is 13.9. The molecule has 0 unspecified atom stereocenters. The molecule has 0 amide bonds. The molecular formula is C17H27N3. The van der Waals surface area contributed by atoms with Crippen LogP contribution in [-0.2, 0) is 12.8 Å². The molecule has 0 saturated carbocycles. The third-order valence-corrected chi connectivity index (χ3v) is 4.94. The van der Waals surface area contributed by atoms with E-state index >= 15 is 0 Å². The molecule has 20 heavy (non-hydrogen) atoms. The van der Waals surface area contributed by atoms with Crippen molar-refractivity contribution in [2.45, 2.75) is 31.7 Å². The molecule has 110 valence electrons. The number of hydrogen-bond donors (Lipinski definition) is 1. The first-order valence-corrected chi connectivity index (χ1v) is 7.97. The summed E-state index contributed by atoms with van der Waals surface area (Å²) in [6, 6.07) is 7.73. The van der Waals surface area contributed by atoms with Crippen molar-refractivity contribution in [1.29, 1.82) is 0 Å². The number of anilines is 1. The lowest BCUT2D eigenvalue weighted by Gasteiger charge is -2.35. The van der Waals surface area contributed by atoms with Gasteiger partial charge in [-0.25, -0.2) is 0 Å². The highest BCUT2D eigenvalue weighted by atomic mass is 15.2. The molecule has 0 aliphatic carbocycles. The summed E-state index contributed by atoms with van der Waals surface area (Å²) in [6.45, 7) is 4.79. The average Bonchev–Trinajstić information content (AvgIpc) is 2.93. The van der Waals surface area contributed by atoms with E-state index in [4.69, 9.17) is 0 Å². The number of likely N-dealkylation sites (tertiary alicyclic amines) is 1. The lowest BCUT2D eigenvalue weighted by Crippen LogP contribution is -2.42. The van der Waals surface area contributed by atoms with Crippen LogP contribution in [0.5, 0.6) is 0 Å². The number of nitrogens with zero attached hydrogens (tertiary/aromatic N) is 2. The van der Waals surface area contributed by atoms with E-state index in [1.807, 2.05) is 0 Å². The molecule has 0 bridgehead atoms. The molecule has 3 nitrogen and oxygen atoms in total. The van der Waals surface area contributed by atoms with Crippen LogP contribution >= 0.6 is 0 Å². The normalized spacial score (nSPS) is 20.1. The van der Waals surface area contributed by atoms with E-state index in [-0.39, 0.29) is 0 Å². The van der Waals surface area contributed by atoms with Crippen LogP contribution in [-0.4, -0.2) is 56.1 Å². The summed E-state index contributed by atoms with van der Waals surface area (Å²) in [5.41, 5.74) is 4.34. The standard InChI is InChI=1S/C17H27N3/c1-19-10-7-16(8-11-19)20(2)12-6-14-3-4-17-15(13-14)5-9-18-17/h3-4,13,16,18H,5-12H2,1-2H3. The van der Waals surface area contributed by atoms with Gasteiger partial charge >= 0.3 is 0 Å². The molecule has 1 aromatic carbocycles. The number of likely N-dealkylation sites (N-methyl/N-ethyl adjacent to an activating group) is 1. The number of fused-ring (bicyclic) bond motifs is 1. The highest BCUT2D eigenvalue weighted by Gasteiger charge is 2.20. The van der Waals surface area contributed by atoms with E-state index < -0.39 is 0 Å². The second kappa shape index (κ2) is 6.15. The van der Waals surface area contributed by atoms with Gasteiger partial charge in [0.1, 0.15) is 0 Å². The topological polar surface area (TPSA) is 18.5 Å². The molecule has 1 saturated heterocycles. The van der Waals surface area contributed by atoms with Crippen LogP contribution in [0.3, 0.4) is 0 Å². The highest BCUT2D eigenvalue weighted by Crippen LogP contribution is 2.23. The van der Waals surface area contributed by atoms with Crippen LogP contribution in [0.15, 0.2) is 18.2 Å². The van der Waals surface area contributed by atoms with Crippen LogP contribution in [0.25, 0.3) is 0 Å². The summed E-state index contributed by atoms with van der Waals surface area (Å²) in [6.07, 6.45) is 5.01. The number of benzene rings is 1. The first-order chi connectivity index (χ1) is 9.72. The Labute approximate surface area is 123 Å². The summed E-state index contributed by atoms with van der Waals surface area (Å²) in [7, 11) is 4.53. The Morgan fingerprint density at radius 3 is 2.90 bits per heavy atom. The molecule has 2 heterocycles. The zero-order valence-corrected chi connectivity index (χ0v) is 12.9. The Bertz CT molecular complexity index is 450. The molecule has 2 aliphatic rings. The van der Waals surface area contributed by atoms with Gasteiger partial charge in [0, 0.05) is 24.8 Å². The molecular weight excluding hydrogens is 246 g/mol. The summed E-state index contributed by atoms with van der Waals surface area (Å²) >= 11 is 0. The smallest absolute Gasteiger partial charge is 0.0373 e. The van der Waals surface area contributed by atoms with Crippen molar-refractivity contribution in [2.75, 3.05) is 45.6 Å². The van der Waals surface area contributed by atoms with Crippen molar-refractivity contribution in [3.05, 3.63) is 29.3 Å². The van der Waals surface area contributed by atoms with Gasteiger partial charge in [-0.05, 0) is 70.1 Å². The second-order valence-corrected chi connectivity index (χ2v) is 6.43. The van der Waals surface area contributed by atoms with E-state index in [1.54, 1.807) is 0 Å². The van der Waals surface area contributed by atoms with Crippen molar-refractivity contribution >= 4 is 5.69 Å². The zero-order valence-electron chi connectivity index (χ0n) is 12.9. The largest absolute Gasteiger partial charge is 0.384 e. The fraction of sp³-hybridized carbons (Fsp3) is 0.647. The van der Waals surface area contributed by atoms with Crippen molar-refractivity contribution < 1.29 is 0 Å². The van der Waals surface area contributed by atoms with Gasteiger partial charge in [0.05, 0.1) is 0 Å². The predicted octanol–water partition coefficient (Wildman–Crippen LogP) is 2.22. The van der Waals surface area contributed by atoms with Gasteiger partial charge < -0.3 is 15.1 Å². The molecule has 3 rings (SSSR count). The molecule has 0 radical (unpaired) electrons. The van der Waals surface area contributed by atoms with E-state index in [2.05, 4.69) is 47.4 Å². The van der Waals surface area contributed by atoms with Crippen molar-refractivity contribution in [1.82, 2.24) is 9.80 Å². The lowest BCUT2D eigenvalue weighted by atomic mass is 10.0. The summed E-state index contributed by atoms with van der Waals surface area (Å²) < 4.78 is 0. The van der Waals surface area contributed by atoms with Crippen molar-refractivity contribution in [2.24, 2.45) is 0 Å². The Kier molecular flexibility index (Phi) is 4.27. The Hall–Kier alpha value is -1.06. The second-order valence-electron chi connectivity index (χ2n) is 6.43. The van der Waals surface area contributed by atoms with Gasteiger partial charge in [-0.15, -0.1) is 0 Å². The fourth-order valence-corrected chi connectivity index (χ4v) is 3.44. The van der Waals surface area contributed by atoms with Crippen LogP contribution in [0.2, 0.25) is 0 Å². The maximum atomic E-state index is 3.43. The van der Waals surface area contributed by atoms with E-state index in [0.29, 0.717) is 0 Å². The highest BCUT2D eigenvalue weighted by molar-refractivity contribution is 5.56. The van der Waals surface area contributed by atoms with Crippen LogP contribution < -0.4 is 5.32 Å². The van der Waals surface area contributed by atoms with E-state index in [0.717, 1.165) is 12.6 Å². The molecule has 0 atom stereocenters. The minimum atomic E-state index is 0.780. The quantitative estimate of drug-likeness (QED) is 0.907. The molecule has 3 heteroatoms. The maximum absolute atomic E-state index is 3.43. The summed E-state index contributed by atoms with van der Waals surface area (Å²) in [5, 5.41) is 3.43. The van der Waals surface area contributed by atoms with Crippen LogP contribution in [0.4, 0.5) is 5.69 Å². The Morgan fingerprint density at radius 2 is 2.10 bits per heavy atom. The van der Waals surface area contributed by atoms with Crippen LogP contribution in [0, 0.1) is 0 Å². The molecule has 1 N–H and O–H groups in total. The number of piperidine rings is 1. The fourth-order valence-electron chi connectivity index (χ4n) is 3.44. The first-order valence-electron chi connectivity index (χ1n) is 7.97. The van der Waals surface area contributed by atoms with Gasteiger partial charge in [0.25, 0.3) is 0 Å². The van der Waals surface area contributed by atoms with Gasteiger partial charge in [-0.2, -0.15) is 0 Å². The number of nitrogens with one attached hydrogen (secondary N) is 1. The van der Waals surface area contributed by atoms with Gasteiger partial charge in [0.15, 0.2) is 0 Å². The number of hydrogen-bond acceptors (Lipinski definition) is 3. The lowest BCUT2D eigenvalue weighted by molar-refractivity contribution is 0.145. The zero-order chi connectivity index (χ0) is 13.9. The molecule has 1 aromatic rings. The number of rotatable bonds is 4. The SMILES string of the molecule is CN1CCC(N(C)CCc2ccc3c(c2)CCN3)CC1. The minimum Gasteiger partial charge on any atom is -0.384 e. The monoisotopic (exact) mass is 273 g/mol.